The molecule has 0 bridgehead atoms. The largest absolute Gasteiger partial charge is 0.338 e. The van der Waals surface area contributed by atoms with Gasteiger partial charge in [-0.05, 0) is 46.5 Å². The summed E-state index contributed by atoms with van der Waals surface area (Å²) >= 11 is 0. The van der Waals surface area contributed by atoms with Crippen molar-refractivity contribution in [3.63, 3.8) is 0 Å². The molecule has 1 N–H and O–H groups in total. The molecule has 0 radical (unpaired) electrons. The van der Waals surface area contributed by atoms with Crippen LogP contribution in [0.3, 0.4) is 0 Å². The lowest BCUT2D eigenvalue weighted by Crippen LogP contribution is -2.59. The third-order valence-corrected chi connectivity index (χ3v) is 4.52. The minimum Gasteiger partial charge on any atom is -0.338 e. The standard InChI is InChI=1S/C19H30N4O2/c1-15-7-5-8-17(13-15)14-22-11-12-23(16(2)18(22)24)19(25)20-9-6-10-21(3)4/h5,7-8,13,16H,6,9-12,14H2,1-4H3,(H,20,25)/t16-/m0/s1. The van der Waals surface area contributed by atoms with Gasteiger partial charge < -0.3 is 20.0 Å². The molecule has 1 saturated heterocycles. The molecular weight excluding hydrogens is 316 g/mol. The van der Waals surface area contributed by atoms with E-state index in [0.717, 1.165) is 18.5 Å². The first kappa shape index (κ1) is 19.2. The second kappa shape index (κ2) is 8.85. The highest BCUT2D eigenvalue weighted by Gasteiger charge is 2.34. The third kappa shape index (κ3) is 5.46. The van der Waals surface area contributed by atoms with E-state index in [1.54, 1.807) is 4.90 Å². The first-order chi connectivity index (χ1) is 11.9. The lowest BCUT2D eigenvalue weighted by atomic mass is 10.1. The van der Waals surface area contributed by atoms with E-state index in [0.29, 0.717) is 26.2 Å². The van der Waals surface area contributed by atoms with Gasteiger partial charge in [-0.3, -0.25) is 4.79 Å². The molecule has 25 heavy (non-hydrogen) atoms. The highest BCUT2D eigenvalue weighted by Crippen LogP contribution is 2.15. The van der Waals surface area contributed by atoms with Gasteiger partial charge in [0.15, 0.2) is 0 Å². The lowest BCUT2D eigenvalue weighted by molar-refractivity contribution is -0.139. The monoisotopic (exact) mass is 346 g/mol. The van der Waals surface area contributed by atoms with Crippen LogP contribution in [-0.2, 0) is 11.3 Å². The van der Waals surface area contributed by atoms with Gasteiger partial charge in [-0.1, -0.05) is 29.8 Å². The molecule has 6 nitrogen and oxygen atoms in total. The molecule has 3 amide bonds. The summed E-state index contributed by atoms with van der Waals surface area (Å²) in [6.07, 6.45) is 0.897. The van der Waals surface area contributed by atoms with E-state index in [1.807, 2.05) is 51.0 Å². The Kier molecular flexibility index (Phi) is 6.82. The maximum Gasteiger partial charge on any atom is 0.318 e. The Hall–Kier alpha value is -2.08. The number of carbonyl (C=O) groups excluding carboxylic acids is 2. The summed E-state index contributed by atoms with van der Waals surface area (Å²) in [4.78, 5) is 30.6. The minimum atomic E-state index is -0.424. The third-order valence-electron chi connectivity index (χ3n) is 4.52. The zero-order valence-electron chi connectivity index (χ0n) is 15.8. The van der Waals surface area contributed by atoms with Crippen molar-refractivity contribution in [3.05, 3.63) is 35.4 Å². The molecule has 6 heteroatoms. The number of hydrogen-bond donors (Lipinski definition) is 1. The Balaban J connectivity index is 1.86. The number of rotatable bonds is 6. The fraction of sp³-hybridized carbons (Fsp3) is 0.579. The maximum atomic E-state index is 12.6. The molecule has 0 aliphatic carbocycles. The number of amides is 3. The van der Waals surface area contributed by atoms with Crippen molar-refractivity contribution in [3.8, 4) is 0 Å². The van der Waals surface area contributed by atoms with Crippen LogP contribution in [0.1, 0.15) is 24.5 Å². The Morgan fingerprint density at radius 1 is 1.32 bits per heavy atom. The van der Waals surface area contributed by atoms with Gasteiger partial charge in [0.1, 0.15) is 6.04 Å². The summed E-state index contributed by atoms with van der Waals surface area (Å²) in [6.45, 7) is 7.15. The summed E-state index contributed by atoms with van der Waals surface area (Å²) in [6, 6.07) is 7.63. The minimum absolute atomic E-state index is 0.0104. The van der Waals surface area contributed by atoms with Gasteiger partial charge in [-0.15, -0.1) is 0 Å². The van der Waals surface area contributed by atoms with Crippen molar-refractivity contribution in [1.29, 1.82) is 0 Å². The van der Waals surface area contributed by atoms with Gasteiger partial charge in [0.05, 0.1) is 0 Å². The maximum absolute atomic E-state index is 12.6. The summed E-state index contributed by atoms with van der Waals surface area (Å²) in [5.41, 5.74) is 2.32. The van der Waals surface area contributed by atoms with E-state index in [4.69, 9.17) is 0 Å². The fourth-order valence-corrected chi connectivity index (χ4v) is 3.09. The molecule has 0 aromatic heterocycles. The van der Waals surface area contributed by atoms with Crippen LogP contribution < -0.4 is 5.32 Å². The Morgan fingerprint density at radius 3 is 2.76 bits per heavy atom. The Labute approximate surface area is 150 Å². The number of aryl methyl sites for hydroxylation is 1. The number of hydrogen-bond acceptors (Lipinski definition) is 3. The van der Waals surface area contributed by atoms with Gasteiger partial charge in [0, 0.05) is 26.2 Å². The van der Waals surface area contributed by atoms with Gasteiger partial charge in [0.2, 0.25) is 5.91 Å². The quantitative estimate of drug-likeness (QED) is 0.798. The highest BCUT2D eigenvalue weighted by molar-refractivity contribution is 5.88. The SMILES string of the molecule is Cc1cccc(CN2CCN(C(=O)NCCCN(C)C)[C@@H](C)C2=O)c1. The summed E-state index contributed by atoms with van der Waals surface area (Å²) in [7, 11) is 4.02. The smallest absolute Gasteiger partial charge is 0.318 e. The molecule has 1 aromatic rings. The van der Waals surface area contributed by atoms with E-state index in [2.05, 4.69) is 16.3 Å². The predicted octanol–water partition coefficient (Wildman–Crippen LogP) is 1.69. The zero-order chi connectivity index (χ0) is 18.4. The summed E-state index contributed by atoms with van der Waals surface area (Å²) < 4.78 is 0. The first-order valence-electron chi connectivity index (χ1n) is 8.92. The number of carbonyl (C=O) groups is 2. The van der Waals surface area contributed by atoms with Gasteiger partial charge in [-0.25, -0.2) is 4.79 Å². The summed E-state index contributed by atoms with van der Waals surface area (Å²) in [5, 5.41) is 2.92. The van der Waals surface area contributed by atoms with Crippen molar-refractivity contribution in [2.45, 2.75) is 32.9 Å². The van der Waals surface area contributed by atoms with Crippen LogP contribution >= 0.6 is 0 Å². The number of nitrogens with one attached hydrogen (secondary N) is 1. The second-order valence-corrected chi connectivity index (χ2v) is 7.01. The Bertz CT molecular complexity index is 603. The summed E-state index contributed by atoms with van der Waals surface area (Å²) in [5.74, 6) is 0.0104. The molecule has 1 atom stereocenters. The van der Waals surface area contributed by atoms with E-state index >= 15 is 0 Å². The average molecular weight is 346 g/mol. The molecule has 0 spiro atoms. The molecule has 1 aliphatic heterocycles. The van der Waals surface area contributed by atoms with Crippen LogP contribution in [0, 0.1) is 6.92 Å². The molecular formula is C19H30N4O2. The van der Waals surface area contributed by atoms with Crippen molar-refractivity contribution < 1.29 is 9.59 Å². The highest BCUT2D eigenvalue weighted by atomic mass is 16.2. The molecule has 2 rings (SSSR count). The molecule has 1 fully saturated rings. The number of piperazine rings is 1. The molecule has 1 aliphatic rings. The molecule has 0 unspecified atom stereocenters. The van der Waals surface area contributed by atoms with Crippen LogP contribution in [0.15, 0.2) is 24.3 Å². The fourth-order valence-electron chi connectivity index (χ4n) is 3.09. The van der Waals surface area contributed by atoms with E-state index in [-0.39, 0.29) is 11.9 Å². The number of urea groups is 1. The number of benzene rings is 1. The molecule has 0 saturated carbocycles. The van der Waals surface area contributed by atoms with Gasteiger partial charge >= 0.3 is 6.03 Å². The van der Waals surface area contributed by atoms with Crippen molar-refractivity contribution >= 4 is 11.9 Å². The van der Waals surface area contributed by atoms with Crippen molar-refractivity contribution in [2.75, 3.05) is 40.3 Å². The molecule has 1 heterocycles. The van der Waals surface area contributed by atoms with Crippen LogP contribution in [0.25, 0.3) is 0 Å². The number of nitrogens with zero attached hydrogens (tertiary/aromatic N) is 3. The van der Waals surface area contributed by atoms with Crippen LogP contribution in [0.4, 0.5) is 4.79 Å². The normalized spacial score (nSPS) is 18.0. The van der Waals surface area contributed by atoms with Crippen molar-refractivity contribution in [2.24, 2.45) is 0 Å². The van der Waals surface area contributed by atoms with E-state index < -0.39 is 6.04 Å². The Morgan fingerprint density at radius 2 is 2.08 bits per heavy atom. The first-order valence-corrected chi connectivity index (χ1v) is 8.92. The van der Waals surface area contributed by atoms with Crippen LogP contribution in [0.2, 0.25) is 0 Å². The van der Waals surface area contributed by atoms with Gasteiger partial charge in [-0.2, -0.15) is 0 Å². The molecule has 138 valence electrons. The zero-order valence-corrected chi connectivity index (χ0v) is 15.8. The average Bonchev–Trinajstić information content (AvgIpc) is 2.56. The lowest BCUT2D eigenvalue weighted by Gasteiger charge is -2.39. The topological polar surface area (TPSA) is 55.9 Å². The van der Waals surface area contributed by atoms with Crippen molar-refractivity contribution in [1.82, 2.24) is 20.0 Å². The predicted molar refractivity (Wildman–Crippen MR) is 99.3 cm³/mol. The second-order valence-electron chi connectivity index (χ2n) is 7.01. The van der Waals surface area contributed by atoms with Gasteiger partial charge in [0.25, 0.3) is 0 Å². The van der Waals surface area contributed by atoms with E-state index in [9.17, 15) is 9.59 Å². The van der Waals surface area contributed by atoms with Crippen LogP contribution in [0.5, 0.6) is 0 Å². The molecule has 1 aromatic carbocycles. The van der Waals surface area contributed by atoms with E-state index in [1.165, 1.54) is 5.56 Å². The van der Waals surface area contributed by atoms with Crippen LogP contribution in [-0.4, -0.2) is 73.0 Å².